The van der Waals surface area contributed by atoms with Crippen molar-refractivity contribution in [1.29, 1.82) is 0 Å². The van der Waals surface area contributed by atoms with Gasteiger partial charge >= 0.3 is 0 Å². The largest absolute Gasteiger partial charge is 0.516 e. The first-order chi connectivity index (χ1) is 6.27. The van der Waals surface area contributed by atoms with Crippen molar-refractivity contribution in [2.45, 2.75) is 51.9 Å². The quantitative estimate of drug-likeness (QED) is 0.464. The highest BCUT2D eigenvalue weighted by Crippen LogP contribution is 2.07. The van der Waals surface area contributed by atoms with Crippen LogP contribution in [0.15, 0.2) is 12.3 Å². The number of aliphatic hydroxyl groups is 1. The van der Waals surface area contributed by atoms with Gasteiger partial charge in [-0.05, 0) is 26.2 Å². The van der Waals surface area contributed by atoms with Crippen molar-refractivity contribution in [2.75, 3.05) is 0 Å². The molecule has 76 valence electrons. The fraction of sp³-hybridized carbons (Fsp3) is 0.727. The maximum atomic E-state index is 10.6. The highest BCUT2D eigenvalue weighted by Gasteiger charge is 1.93. The van der Waals surface area contributed by atoms with Gasteiger partial charge in [-0.2, -0.15) is 0 Å². The summed E-state index contributed by atoms with van der Waals surface area (Å²) in [4.78, 5) is 10.6. The lowest BCUT2D eigenvalue weighted by Gasteiger charge is -1.98. The van der Waals surface area contributed by atoms with Gasteiger partial charge in [0.15, 0.2) is 0 Å². The molecule has 0 fully saturated rings. The van der Waals surface area contributed by atoms with Crippen LogP contribution in [-0.2, 0) is 4.79 Å². The van der Waals surface area contributed by atoms with Crippen LogP contribution >= 0.6 is 0 Å². The minimum Gasteiger partial charge on any atom is -0.516 e. The number of Topliss-reactive ketones (excluding diaryl/α,β-unsaturated/α-hetero) is 1. The Hall–Kier alpha value is -0.790. The summed E-state index contributed by atoms with van der Waals surface area (Å²) in [5.74, 6) is 0.295. The van der Waals surface area contributed by atoms with E-state index in [1.807, 2.05) is 0 Å². The number of aliphatic hydroxyl groups excluding tert-OH is 1. The van der Waals surface area contributed by atoms with Gasteiger partial charge < -0.3 is 9.90 Å². The zero-order chi connectivity index (χ0) is 9.94. The smallest absolute Gasteiger partial charge is 0.129 e. The Bertz CT molecular complexity index is 150. The third-order valence-electron chi connectivity index (χ3n) is 2.01. The molecular weight excluding hydrogens is 164 g/mol. The van der Waals surface area contributed by atoms with E-state index >= 15 is 0 Å². The van der Waals surface area contributed by atoms with Crippen molar-refractivity contribution < 1.29 is 9.90 Å². The van der Waals surface area contributed by atoms with Crippen molar-refractivity contribution in [3.8, 4) is 0 Å². The Balaban J connectivity index is 2.95. The molecule has 0 radical (unpaired) electrons. The molecule has 0 saturated carbocycles. The van der Waals surface area contributed by atoms with Gasteiger partial charge in [0, 0.05) is 6.42 Å². The van der Waals surface area contributed by atoms with E-state index in [1.54, 1.807) is 13.0 Å². The first kappa shape index (κ1) is 12.2. The van der Waals surface area contributed by atoms with Gasteiger partial charge in [0.05, 0.1) is 6.26 Å². The maximum absolute atomic E-state index is 10.6. The molecular formula is C11H20O2. The molecule has 13 heavy (non-hydrogen) atoms. The molecule has 1 N–H and O–H groups in total. The number of hydrogen-bond acceptors (Lipinski definition) is 2. The van der Waals surface area contributed by atoms with E-state index in [2.05, 4.69) is 0 Å². The van der Waals surface area contributed by atoms with Crippen LogP contribution in [0.1, 0.15) is 51.9 Å². The summed E-state index contributed by atoms with van der Waals surface area (Å²) in [5, 5.41) is 8.35. The highest BCUT2D eigenvalue weighted by atomic mass is 16.2. The van der Waals surface area contributed by atoms with Gasteiger partial charge in [-0.1, -0.05) is 25.3 Å². The van der Waals surface area contributed by atoms with Crippen molar-refractivity contribution >= 4 is 5.78 Å². The predicted molar refractivity (Wildman–Crippen MR) is 54.8 cm³/mol. The van der Waals surface area contributed by atoms with E-state index in [9.17, 15) is 4.79 Å². The molecule has 0 rings (SSSR count). The number of rotatable bonds is 8. The van der Waals surface area contributed by atoms with Crippen LogP contribution in [0.2, 0.25) is 0 Å². The van der Waals surface area contributed by atoms with Gasteiger partial charge in [0.2, 0.25) is 0 Å². The standard InChI is InChI=1S/C11H20O2/c1-11(13)9-7-5-3-2-4-6-8-10-12/h8,10,12H,2-7,9H2,1H3/b10-8+. The summed E-state index contributed by atoms with van der Waals surface area (Å²) in [6.07, 6.45) is 10.3. The SMILES string of the molecule is CC(=O)CCCCCCC/C=C/O. The first-order valence-corrected chi connectivity index (χ1v) is 5.06. The molecule has 0 bridgehead atoms. The fourth-order valence-electron chi connectivity index (χ4n) is 1.24. The molecule has 0 aliphatic carbocycles. The van der Waals surface area contributed by atoms with E-state index < -0.39 is 0 Å². The molecule has 0 amide bonds. The first-order valence-electron chi connectivity index (χ1n) is 5.06. The molecule has 2 heteroatoms. The van der Waals surface area contributed by atoms with Crippen LogP contribution in [0.3, 0.4) is 0 Å². The van der Waals surface area contributed by atoms with Crippen molar-refractivity contribution in [3.05, 3.63) is 12.3 Å². The number of unbranched alkanes of at least 4 members (excludes halogenated alkanes) is 5. The average molecular weight is 184 g/mol. The van der Waals surface area contributed by atoms with Crippen LogP contribution in [0.4, 0.5) is 0 Å². The Labute approximate surface area is 80.7 Å². The van der Waals surface area contributed by atoms with Crippen molar-refractivity contribution in [3.63, 3.8) is 0 Å². The fourth-order valence-corrected chi connectivity index (χ4v) is 1.24. The van der Waals surface area contributed by atoms with E-state index in [1.165, 1.54) is 12.8 Å². The molecule has 0 aromatic carbocycles. The molecule has 0 atom stereocenters. The Kier molecular flexibility index (Phi) is 8.73. The summed E-state index contributed by atoms with van der Waals surface area (Å²) >= 11 is 0. The van der Waals surface area contributed by atoms with Gasteiger partial charge in [-0.25, -0.2) is 0 Å². The molecule has 0 aromatic rings. The average Bonchev–Trinajstić information content (AvgIpc) is 2.09. The van der Waals surface area contributed by atoms with Crippen LogP contribution in [0.5, 0.6) is 0 Å². The zero-order valence-electron chi connectivity index (χ0n) is 8.46. The van der Waals surface area contributed by atoms with Gasteiger partial charge in [0.25, 0.3) is 0 Å². The monoisotopic (exact) mass is 184 g/mol. The summed E-state index contributed by atoms with van der Waals surface area (Å²) < 4.78 is 0. The minimum absolute atomic E-state index is 0.295. The van der Waals surface area contributed by atoms with Gasteiger partial charge in [-0.3, -0.25) is 0 Å². The molecule has 0 aliphatic rings. The predicted octanol–water partition coefficient (Wildman–Crippen LogP) is 3.38. The topological polar surface area (TPSA) is 37.3 Å². The lowest BCUT2D eigenvalue weighted by Crippen LogP contribution is -1.89. The third kappa shape index (κ3) is 11.2. The Morgan fingerprint density at radius 3 is 2.38 bits per heavy atom. The summed E-state index contributed by atoms with van der Waals surface area (Å²) in [6.45, 7) is 1.64. The van der Waals surface area contributed by atoms with Crippen molar-refractivity contribution in [1.82, 2.24) is 0 Å². The summed E-state index contributed by atoms with van der Waals surface area (Å²) in [5.41, 5.74) is 0. The summed E-state index contributed by atoms with van der Waals surface area (Å²) in [6, 6.07) is 0. The van der Waals surface area contributed by atoms with E-state index in [4.69, 9.17) is 5.11 Å². The number of carbonyl (C=O) groups excluding carboxylic acids is 1. The third-order valence-corrected chi connectivity index (χ3v) is 2.01. The number of ketones is 1. The molecule has 0 heterocycles. The van der Waals surface area contributed by atoms with Gasteiger partial charge in [0.1, 0.15) is 5.78 Å². The van der Waals surface area contributed by atoms with E-state index in [0.29, 0.717) is 5.78 Å². The molecule has 0 aliphatic heterocycles. The normalized spacial score (nSPS) is 10.8. The minimum atomic E-state index is 0.295. The van der Waals surface area contributed by atoms with Crippen LogP contribution < -0.4 is 0 Å². The molecule has 0 spiro atoms. The number of hydrogen-bond donors (Lipinski definition) is 1. The molecule has 0 unspecified atom stereocenters. The second kappa shape index (κ2) is 9.30. The van der Waals surface area contributed by atoms with E-state index in [0.717, 1.165) is 38.4 Å². The van der Waals surface area contributed by atoms with Crippen LogP contribution in [0.25, 0.3) is 0 Å². The number of allylic oxidation sites excluding steroid dienone is 1. The second-order valence-electron chi connectivity index (χ2n) is 3.39. The van der Waals surface area contributed by atoms with Crippen LogP contribution in [-0.4, -0.2) is 10.9 Å². The lowest BCUT2D eigenvalue weighted by molar-refractivity contribution is -0.117. The second-order valence-corrected chi connectivity index (χ2v) is 3.39. The molecule has 0 saturated heterocycles. The maximum Gasteiger partial charge on any atom is 0.129 e. The van der Waals surface area contributed by atoms with Gasteiger partial charge in [-0.15, -0.1) is 0 Å². The Morgan fingerprint density at radius 1 is 1.15 bits per heavy atom. The molecule has 0 aromatic heterocycles. The van der Waals surface area contributed by atoms with Crippen LogP contribution in [0, 0.1) is 0 Å². The highest BCUT2D eigenvalue weighted by molar-refractivity contribution is 5.75. The lowest BCUT2D eigenvalue weighted by atomic mass is 10.1. The zero-order valence-corrected chi connectivity index (χ0v) is 8.46. The Morgan fingerprint density at radius 2 is 1.77 bits per heavy atom. The van der Waals surface area contributed by atoms with E-state index in [-0.39, 0.29) is 0 Å². The molecule has 2 nitrogen and oxygen atoms in total. The van der Waals surface area contributed by atoms with Crippen molar-refractivity contribution in [2.24, 2.45) is 0 Å². The number of carbonyl (C=O) groups is 1. The summed E-state index contributed by atoms with van der Waals surface area (Å²) in [7, 11) is 0.